The molecule has 2 aromatic rings. The van der Waals surface area contributed by atoms with E-state index in [-0.39, 0.29) is 5.56 Å². The van der Waals surface area contributed by atoms with Crippen LogP contribution < -0.4 is 0 Å². The van der Waals surface area contributed by atoms with Crippen LogP contribution in [0.5, 0.6) is 0 Å². The number of halogens is 1. The highest BCUT2D eigenvalue weighted by Crippen LogP contribution is 2.33. The molecule has 0 saturated heterocycles. The van der Waals surface area contributed by atoms with Gasteiger partial charge in [0.05, 0.1) is 5.56 Å². The van der Waals surface area contributed by atoms with Gasteiger partial charge in [-0.05, 0) is 18.4 Å². The van der Waals surface area contributed by atoms with Crippen molar-refractivity contribution in [3.63, 3.8) is 0 Å². The Morgan fingerprint density at radius 3 is 2.93 bits per heavy atom. The Morgan fingerprint density at radius 2 is 2.29 bits per heavy atom. The molecule has 0 radical (unpaired) electrons. The van der Waals surface area contributed by atoms with Gasteiger partial charge >= 0.3 is 0 Å². The SMILES string of the molecule is CSc1csc2cc(C=O)c(F)cc12. The number of fused-ring (bicyclic) bond motifs is 1. The van der Waals surface area contributed by atoms with Gasteiger partial charge in [-0.3, -0.25) is 4.79 Å². The van der Waals surface area contributed by atoms with Crippen LogP contribution in [0.4, 0.5) is 4.39 Å². The van der Waals surface area contributed by atoms with Gasteiger partial charge < -0.3 is 0 Å². The molecule has 0 saturated carbocycles. The van der Waals surface area contributed by atoms with Gasteiger partial charge in [0.25, 0.3) is 0 Å². The molecule has 0 aliphatic heterocycles. The third-order valence-electron chi connectivity index (χ3n) is 2.00. The standard InChI is InChI=1S/C10H7FOS2/c1-13-10-5-14-9-2-6(4-12)8(11)3-7(9)10/h2-5H,1H3. The Kier molecular flexibility index (Phi) is 2.56. The number of hydrogen-bond donors (Lipinski definition) is 0. The van der Waals surface area contributed by atoms with Gasteiger partial charge in [-0.15, -0.1) is 23.1 Å². The fourth-order valence-corrected chi connectivity index (χ4v) is 3.12. The van der Waals surface area contributed by atoms with Crippen molar-refractivity contribution in [2.75, 3.05) is 6.26 Å². The fourth-order valence-electron chi connectivity index (χ4n) is 1.29. The quantitative estimate of drug-likeness (QED) is 0.575. The van der Waals surface area contributed by atoms with E-state index in [1.165, 1.54) is 17.4 Å². The topological polar surface area (TPSA) is 17.1 Å². The van der Waals surface area contributed by atoms with Crippen LogP contribution in [0.15, 0.2) is 22.4 Å². The van der Waals surface area contributed by atoms with Crippen LogP contribution in [0.25, 0.3) is 10.1 Å². The third kappa shape index (κ3) is 1.44. The fraction of sp³-hybridized carbons (Fsp3) is 0.100. The molecule has 0 atom stereocenters. The number of carbonyl (C=O) groups is 1. The van der Waals surface area contributed by atoms with E-state index < -0.39 is 5.82 Å². The molecule has 4 heteroatoms. The lowest BCUT2D eigenvalue weighted by atomic mass is 10.2. The summed E-state index contributed by atoms with van der Waals surface area (Å²) in [6.45, 7) is 0. The van der Waals surface area contributed by atoms with E-state index in [1.54, 1.807) is 17.8 Å². The van der Waals surface area contributed by atoms with Gasteiger partial charge in [-0.1, -0.05) is 0 Å². The average molecular weight is 226 g/mol. The van der Waals surface area contributed by atoms with E-state index in [4.69, 9.17) is 0 Å². The minimum atomic E-state index is -0.443. The number of aldehydes is 1. The average Bonchev–Trinajstić information content (AvgIpc) is 2.58. The zero-order chi connectivity index (χ0) is 10.1. The molecule has 0 bridgehead atoms. The number of hydrogen-bond acceptors (Lipinski definition) is 3. The van der Waals surface area contributed by atoms with Crippen LogP contribution >= 0.6 is 23.1 Å². The molecule has 0 aliphatic rings. The predicted molar refractivity (Wildman–Crippen MR) is 59.0 cm³/mol. The van der Waals surface area contributed by atoms with Crippen LogP contribution in [0.3, 0.4) is 0 Å². The monoisotopic (exact) mass is 226 g/mol. The van der Waals surface area contributed by atoms with Gasteiger partial charge in [0.1, 0.15) is 5.82 Å². The molecule has 14 heavy (non-hydrogen) atoms. The molecule has 0 unspecified atom stereocenters. The maximum Gasteiger partial charge on any atom is 0.153 e. The van der Waals surface area contributed by atoms with Crippen LogP contribution in [0.2, 0.25) is 0 Å². The Balaban J connectivity index is 2.75. The second-order valence-corrected chi connectivity index (χ2v) is 4.55. The molecule has 1 heterocycles. The molecule has 0 N–H and O–H groups in total. The second-order valence-electron chi connectivity index (χ2n) is 2.79. The van der Waals surface area contributed by atoms with Crippen molar-refractivity contribution in [3.05, 3.63) is 28.9 Å². The van der Waals surface area contributed by atoms with Crippen molar-refractivity contribution in [3.8, 4) is 0 Å². The van der Waals surface area contributed by atoms with E-state index in [0.29, 0.717) is 6.29 Å². The smallest absolute Gasteiger partial charge is 0.153 e. The summed E-state index contributed by atoms with van der Waals surface area (Å²) in [7, 11) is 0. The summed E-state index contributed by atoms with van der Waals surface area (Å²) in [5.41, 5.74) is 0.131. The van der Waals surface area contributed by atoms with E-state index >= 15 is 0 Å². The van der Waals surface area contributed by atoms with Gasteiger partial charge in [0.15, 0.2) is 6.29 Å². The van der Waals surface area contributed by atoms with E-state index in [1.807, 2.05) is 11.6 Å². The first-order chi connectivity index (χ1) is 6.76. The van der Waals surface area contributed by atoms with Gasteiger partial charge in [-0.25, -0.2) is 4.39 Å². The first-order valence-corrected chi connectivity index (χ1v) is 6.06. The Labute approximate surface area is 88.9 Å². The first-order valence-electron chi connectivity index (χ1n) is 3.96. The van der Waals surface area contributed by atoms with Crippen LogP contribution in [0, 0.1) is 5.82 Å². The van der Waals surface area contributed by atoms with Crippen LogP contribution in [-0.4, -0.2) is 12.5 Å². The molecule has 1 nitrogen and oxygen atoms in total. The second kappa shape index (κ2) is 3.71. The lowest BCUT2D eigenvalue weighted by molar-refractivity contribution is 0.112. The zero-order valence-corrected chi connectivity index (χ0v) is 9.05. The first kappa shape index (κ1) is 9.68. The van der Waals surface area contributed by atoms with Crippen molar-refractivity contribution < 1.29 is 9.18 Å². The molecule has 0 amide bonds. The molecule has 2 rings (SSSR count). The minimum Gasteiger partial charge on any atom is -0.298 e. The van der Waals surface area contributed by atoms with E-state index in [0.717, 1.165) is 15.0 Å². The summed E-state index contributed by atoms with van der Waals surface area (Å²) in [4.78, 5) is 11.6. The Morgan fingerprint density at radius 1 is 1.50 bits per heavy atom. The van der Waals surface area contributed by atoms with E-state index in [2.05, 4.69) is 0 Å². The Bertz CT molecular complexity index is 490. The third-order valence-corrected chi connectivity index (χ3v) is 3.88. The number of carbonyl (C=O) groups excluding carboxylic acids is 1. The molecule has 0 aliphatic carbocycles. The Hall–Kier alpha value is -0.870. The number of thiophene rings is 1. The molecular formula is C10H7FOS2. The minimum absolute atomic E-state index is 0.131. The number of benzene rings is 1. The van der Waals surface area contributed by atoms with Crippen molar-refractivity contribution in [2.45, 2.75) is 4.90 Å². The normalized spacial score (nSPS) is 10.7. The summed E-state index contributed by atoms with van der Waals surface area (Å²) in [5.74, 6) is -0.443. The summed E-state index contributed by atoms with van der Waals surface area (Å²) < 4.78 is 14.2. The number of rotatable bonds is 2. The van der Waals surface area contributed by atoms with E-state index in [9.17, 15) is 9.18 Å². The lowest BCUT2D eigenvalue weighted by Crippen LogP contribution is -1.85. The highest BCUT2D eigenvalue weighted by atomic mass is 32.2. The van der Waals surface area contributed by atoms with Crippen molar-refractivity contribution in [1.82, 2.24) is 0 Å². The van der Waals surface area contributed by atoms with Gasteiger partial charge in [0, 0.05) is 20.4 Å². The largest absolute Gasteiger partial charge is 0.298 e. The maximum absolute atomic E-state index is 13.3. The molecule has 1 aromatic heterocycles. The van der Waals surface area contributed by atoms with Crippen LogP contribution in [0.1, 0.15) is 10.4 Å². The highest BCUT2D eigenvalue weighted by molar-refractivity contribution is 7.99. The zero-order valence-electron chi connectivity index (χ0n) is 7.41. The maximum atomic E-state index is 13.3. The molecule has 1 aromatic carbocycles. The molecule has 0 fully saturated rings. The molecule has 72 valence electrons. The van der Waals surface area contributed by atoms with Crippen molar-refractivity contribution in [1.29, 1.82) is 0 Å². The number of thioether (sulfide) groups is 1. The molecule has 0 spiro atoms. The van der Waals surface area contributed by atoms with Gasteiger partial charge in [0.2, 0.25) is 0 Å². The highest BCUT2D eigenvalue weighted by Gasteiger charge is 2.08. The summed E-state index contributed by atoms with van der Waals surface area (Å²) in [6, 6.07) is 3.03. The van der Waals surface area contributed by atoms with Crippen molar-refractivity contribution >= 4 is 39.5 Å². The summed E-state index contributed by atoms with van der Waals surface area (Å²) in [5, 5.41) is 2.87. The van der Waals surface area contributed by atoms with Gasteiger partial charge in [-0.2, -0.15) is 0 Å². The summed E-state index contributed by atoms with van der Waals surface area (Å²) in [6.07, 6.45) is 2.50. The predicted octanol–water partition coefficient (Wildman–Crippen LogP) is 3.57. The lowest BCUT2D eigenvalue weighted by Gasteiger charge is -1.97. The van der Waals surface area contributed by atoms with Crippen molar-refractivity contribution in [2.24, 2.45) is 0 Å². The molecular weight excluding hydrogens is 219 g/mol. The summed E-state index contributed by atoms with van der Waals surface area (Å²) >= 11 is 3.11. The van der Waals surface area contributed by atoms with Crippen LogP contribution in [-0.2, 0) is 0 Å².